The molecular formula is C13H14BrNO3. The summed E-state index contributed by atoms with van der Waals surface area (Å²) in [6.45, 7) is 2.05. The minimum Gasteiger partial charge on any atom is -0.481 e. The number of hydrogen-bond acceptors (Lipinski definition) is 2. The van der Waals surface area contributed by atoms with Crippen LogP contribution in [0.2, 0.25) is 0 Å². The molecule has 0 aromatic heterocycles. The van der Waals surface area contributed by atoms with E-state index in [-0.39, 0.29) is 12.5 Å². The summed E-state index contributed by atoms with van der Waals surface area (Å²) in [4.78, 5) is 23.0. The summed E-state index contributed by atoms with van der Waals surface area (Å²) in [5.74, 6) is -1.05. The Morgan fingerprint density at radius 3 is 2.67 bits per heavy atom. The molecule has 1 aromatic carbocycles. The molecule has 1 aliphatic rings. The third-order valence-electron chi connectivity index (χ3n) is 3.34. The molecule has 0 spiro atoms. The minimum atomic E-state index is -0.825. The Hall–Kier alpha value is -1.36. The normalized spacial score (nSPS) is 16.1. The zero-order chi connectivity index (χ0) is 13.3. The molecule has 0 bridgehead atoms. The topological polar surface area (TPSA) is 66.4 Å². The van der Waals surface area contributed by atoms with Gasteiger partial charge in [0.25, 0.3) is 5.91 Å². The van der Waals surface area contributed by atoms with E-state index in [4.69, 9.17) is 5.11 Å². The predicted octanol–water partition coefficient (Wildman–Crippen LogP) is 2.35. The molecule has 1 fully saturated rings. The molecule has 5 heteroatoms. The van der Waals surface area contributed by atoms with Crippen molar-refractivity contribution >= 4 is 27.8 Å². The lowest BCUT2D eigenvalue weighted by atomic mass is 10.1. The largest absolute Gasteiger partial charge is 0.481 e. The van der Waals surface area contributed by atoms with E-state index < -0.39 is 11.4 Å². The highest BCUT2D eigenvalue weighted by atomic mass is 79.9. The maximum Gasteiger partial charge on any atom is 0.311 e. The van der Waals surface area contributed by atoms with Gasteiger partial charge in [0, 0.05) is 16.6 Å². The first-order valence-corrected chi connectivity index (χ1v) is 6.52. The van der Waals surface area contributed by atoms with Crippen LogP contribution in [0.5, 0.6) is 0 Å². The van der Waals surface area contributed by atoms with Crippen LogP contribution in [0, 0.1) is 12.3 Å². The molecule has 1 amide bonds. The first-order chi connectivity index (χ1) is 8.44. The number of halogens is 1. The Kier molecular flexibility index (Phi) is 3.43. The van der Waals surface area contributed by atoms with Gasteiger partial charge in [-0.2, -0.15) is 0 Å². The molecule has 0 unspecified atom stereocenters. The molecule has 4 nitrogen and oxygen atoms in total. The molecule has 1 saturated carbocycles. The maximum absolute atomic E-state index is 12.0. The van der Waals surface area contributed by atoms with Gasteiger partial charge in [-0.3, -0.25) is 9.59 Å². The number of carboxylic acid groups (broad SMARTS) is 1. The fraction of sp³-hybridized carbons (Fsp3) is 0.385. The molecule has 0 heterocycles. The zero-order valence-electron chi connectivity index (χ0n) is 10.00. The lowest BCUT2D eigenvalue weighted by molar-refractivity contribution is -0.143. The second kappa shape index (κ2) is 4.72. The molecule has 2 rings (SSSR count). The van der Waals surface area contributed by atoms with Crippen LogP contribution in [0.15, 0.2) is 22.7 Å². The van der Waals surface area contributed by atoms with Gasteiger partial charge in [0.05, 0.1) is 5.41 Å². The maximum atomic E-state index is 12.0. The molecule has 18 heavy (non-hydrogen) atoms. The number of nitrogens with one attached hydrogen (secondary N) is 1. The second-order valence-electron chi connectivity index (χ2n) is 4.73. The second-order valence-corrected chi connectivity index (χ2v) is 5.64. The highest BCUT2D eigenvalue weighted by Crippen LogP contribution is 2.45. The molecule has 0 aliphatic heterocycles. The van der Waals surface area contributed by atoms with Crippen molar-refractivity contribution in [3.8, 4) is 0 Å². The number of carboxylic acids is 1. The van der Waals surface area contributed by atoms with Gasteiger partial charge in [-0.25, -0.2) is 0 Å². The molecule has 0 radical (unpaired) electrons. The molecule has 2 N–H and O–H groups in total. The molecule has 0 atom stereocenters. The third kappa shape index (κ3) is 2.56. The average molecular weight is 312 g/mol. The number of aliphatic carboxylic acids is 1. The summed E-state index contributed by atoms with van der Waals surface area (Å²) in [6, 6.07) is 5.46. The molecular weight excluding hydrogens is 298 g/mol. The van der Waals surface area contributed by atoms with Gasteiger partial charge >= 0.3 is 5.97 Å². The van der Waals surface area contributed by atoms with Gasteiger partial charge in [-0.15, -0.1) is 0 Å². The average Bonchev–Trinajstić information content (AvgIpc) is 3.10. The Labute approximate surface area is 114 Å². The SMILES string of the molecule is Cc1ccc(Br)cc1C(=O)NCC1(C(=O)O)CC1. The van der Waals surface area contributed by atoms with Crippen molar-refractivity contribution in [1.82, 2.24) is 5.32 Å². The summed E-state index contributed by atoms with van der Waals surface area (Å²) >= 11 is 3.32. The van der Waals surface area contributed by atoms with Gasteiger partial charge in [-0.1, -0.05) is 22.0 Å². The molecule has 96 valence electrons. The van der Waals surface area contributed by atoms with Gasteiger partial charge in [0.2, 0.25) is 0 Å². The Balaban J connectivity index is 2.04. The van der Waals surface area contributed by atoms with Crippen molar-refractivity contribution in [1.29, 1.82) is 0 Å². The summed E-state index contributed by atoms with van der Waals surface area (Å²) in [7, 11) is 0. The summed E-state index contributed by atoms with van der Waals surface area (Å²) in [5.41, 5.74) is 0.719. The van der Waals surface area contributed by atoms with E-state index in [0.717, 1.165) is 10.0 Å². The Morgan fingerprint density at radius 2 is 2.11 bits per heavy atom. The van der Waals surface area contributed by atoms with Crippen molar-refractivity contribution in [2.24, 2.45) is 5.41 Å². The minimum absolute atomic E-state index is 0.202. The molecule has 1 aromatic rings. The first-order valence-electron chi connectivity index (χ1n) is 5.72. The van der Waals surface area contributed by atoms with Crippen LogP contribution >= 0.6 is 15.9 Å². The summed E-state index contributed by atoms with van der Waals surface area (Å²) in [5, 5.41) is 11.7. The smallest absolute Gasteiger partial charge is 0.311 e. The lowest BCUT2D eigenvalue weighted by Gasteiger charge is -2.12. The van der Waals surface area contributed by atoms with Crippen LogP contribution in [0.4, 0.5) is 0 Å². The number of carbonyl (C=O) groups excluding carboxylic acids is 1. The molecule has 0 saturated heterocycles. The van der Waals surface area contributed by atoms with E-state index in [0.29, 0.717) is 18.4 Å². The standard InChI is InChI=1S/C13H14BrNO3/c1-8-2-3-9(14)6-10(8)11(16)15-7-13(4-5-13)12(17)18/h2-3,6H,4-5,7H2,1H3,(H,15,16)(H,17,18). The number of rotatable bonds is 4. The van der Waals surface area contributed by atoms with Gasteiger partial charge < -0.3 is 10.4 Å². The quantitative estimate of drug-likeness (QED) is 0.897. The fourth-order valence-corrected chi connectivity index (χ4v) is 2.16. The van der Waals surface area contributed by atoms with Crippen molar-refractivity contribution < 1.29 is 14.7 Å². The summed E-state index contributed by atoms with van der Waals surface area (Å²) in [6.07, 6.45) is 1.28. The van der Waals surface area contributed by atoms with Crippen LogP contribution in [-0.4, -0.2) is 23.5 Å². The molecule has 1 aliphatic carbocycles. The van der Waals surface area contributed by atoms with Crippen LogP contribution in [0.3, 0.4) is 0 Å². The first kappa shape index (κ1) is 13.1. The number of hydrogen-bond donors (Lipinski definition) is 2. The van der Waals surface area contributed by atoms with Gasteiger partial charge in [0.15, 0.2) is 0 Å². The van der Waals surface area contributed by atoms with E-state index >= 15 is 0 Å². The summed E-state index contributed by atoms with van der Waals surface area (Å²) < 4.78 is 0.831. The van der Waals surface area contributed by atoms with Gasteiger partial charge in [-0.05, 0) is 37.5 Å². The monoisotopic (exact) mass is 311 g/mol. The van der Waals surface area contributed by atoms with Crippen molar-refractivity contribution in [2.75, 3.05) is 6.54 Å². The van der Waals surface area contributed by atoms with Crippen LogP contribution in [0.1, 0.15) is 28.8 Å². The van der Waals surface area contributed by atoms with E-state index in [9.17, 15) is 9.59 Å². The third-order valence-corrected chi connectivity index (χ3v) is 3.83. The van der Waals surface area contributed by atoms with Crippen LogP contribution in [-0.2, 0) is 4.79 Å². The van der Waals surface area contributed by atoms with E-state index in [1.54, 1.807) is 6.07 Å². The zero-order valence-corrected chi connectivity index (χ0v) is 11.6. The fourth-order valence-electron chi connectivity index (χ4n) is 1.80. The van der Waals surface area contributed by atoms with E-state index in [1.165, 1.54) is 0 Å². The van der Waals surface area contributed by atoms with Crippen molar-refractivity contribution in [3.05, 3.63) is 33.8 Å². The highest BCUT2D eigenvalue weighted by Gasteiger charge is 2.50. The Morgan fingerprint density at radius 1 is 1.44 bits per heavy atom. The number of carbonyl (C=O) groups is 2. The number of aryl methyl sites for hydroxylation is 1. The van der Waals surface area contributed by atoms with Crippen molar-refractivity contribution in [3.63, 3.8) is 0 Å². The highest BCUT2D eigenvalue weighted by molar-refractivity contribution is 9.10. The van der Waals surface area contributed by atoms with Crippen LogP contribution in [0.25, 0.3) is 0 Å². The van der Waals surface area contributed by atoms with E-state index in [1.807, 2.05) is 19.1 Å². The number of amides is 1. The van der Waals surface area contributed by atoms with Gasteiger partial charge in [0.1, 0.15) is 0 Å². The van der Waals surface area contributed by atoms with E-state index in [2.05, 4.69) is 21.2 Å². The Bertz CT molecular complexity index is 509. The van der Waals surface area contributed by atoms with Crippen molar-refractivity contribution in [2.45, 2.75) is 19.8 Å². The number of benzene rings is 1. The predicted molar refractivity (Wildman–Crippen MR) is 70.5 cm³/mol. The lowest BCUT2D eigenvalue weighted by Crippen LogP contribution is -2.34. The van der Waals surface area contributed by atoms with Crippen LogP contribution < -0.4 is 5.32 Å².